The summed E-state index contributed by atoms with van der Waals surface area (Å²) in [7, 11) is 1.70. The predicted molar refractivity (Wildman–Crippen MR) is 102 cm³/mol. The summed E-state index contributed by atoms with van der Waals surface area (Å²) < 4.78 is 19.8. The van der Waals surface area contributed by atoms with Crippen LogP contribution in [0.4, 0.5) is 10.2 Å². The van der Waals surface area contributed by atoms with E-state index in [4.69, 9.17) is 22.1 Å². The molecule has 0 aliphatic rings. The Kier molecular flexibility index (Phi) is 6.15. The highest BCUT2D eigenvalue weighted by atomic mass is 35.5. The Morgan fingerprint density at radius 2 is 2.16 bits per heavy atom. The van der Waals surface area contributed by atoms with E-state index in [2.05, 4.69) is 9.98 Å². The van der Waals surface area contributed by atoms with E-state index in [-0.39, 0.29) is 11.6 Å². The minimum Gasteiger partial charge on any atom is -0.482 e. The number of ether oxygens (including phenoxy) is 1. The monoisotopic (exact) mass is 361 g/mol. The van der Waals surface area contributed by atoms with Gasteiger partial charge in [-0.2, -0.15) is 0 Å². The van der Waals surface area contributed by atoms with Crippen LogP contribution in [0.1, 0.15) is 36.6 Å². The van der Waals surface area contributed by atoms with Gasteiger partial charge in [0.15, 0.2) is 11.6 Å². The summed E-state index contributed by atoms with van der Waals surface area (Å²) in [5.74, 6) is 0.336. The molecular weight excluding hydrogens is 341 g/mol. The maximum absolute atomic E-state index is 13.9. The second-order valence-electron chi connectivity index (χ2n) is 5.57. The number of allylic oxidation sites excluding steroid dienone is 2. The molecule has 2 rings (SSSR count). The number of rotatable bonds is 5. The number of aromatic nitrogens is 1. The lowest BCUT2D eigenvalue weighted by atomic mass is 10.0. The average molecular weight is 362 g/mol. The lowest BCUT2D eigenvalue weighted by Crippen LogP contribution is -2.09. The largest absolute Gasteiger partial charge is 0.482 e. The molecule has 2 aromatic rings. The van der Waals surface area contributed by atoms with Crippen molar-refractivity contribution >= 4 is 29.2 Å². The fourth-order valence-electron chi connectivity index (χ4n) is 2.58. The number of hydrogen-bond acceptors (Lipinski definition) is 4. The zero-order valence-electron chi connectivity index (χ0n) is 14.7. The van der Waals surface area contributed by atoms with Gasteiger partial charge in [0.25, 0.3) is 0 Å². The smallest absolute Gasteiger partial charge is 0.166 e. The molecule has 0 aliphatic carbocycles. The second-order valence-corrected chi connectivity index (χ2v) is 5.97. The Morgan fingerprint density at radius 1 is 1.44 bits per heavy atom. The number of nitrogens with two attached hydrogens (primary N) is 1. The number of halogens is 2. The predicted octanol–water partition coefficient (Wildman–Crippen LogP) is 5.01. The quantitative estimate of drug-likeness (QED) is 0.761. The molecule has 0 saturated carbocycles. The molecule has 25 heavy (non-hydrogen) atoms. The summed E-state index contributed by atoms with van der Waals surface area (Å²) in [5.41, 5.74) is 8.71. The van der Waals surface area contributed by atoms with Crippen molar-refractivity contribution in [3.8, 4) is 5.75 Å². The maximum atomic E-state index is 13.9. The van der Waals surface area contributed by atoms with Gasteiger partial charge in [-0.25, -0.2) is 9.37 Å². The van der Waals surface area contributed by atoms with Gasteiger partial charge in [0.1, 0.15) is 11.9 Å². The van der Waals surface area contributed by atoms with Crippen LogP contribution in [0.3, 0.4) is 0 Å². The first-order valence-corrected chi connectivity index (χ1v) is 8.22. The van der Waals surface area contributed by atoms with Crippen molar-refractivity contribution in [3.63, 3.8) is 0 Å². The molecule has 6 heteroatoms. The van der Waals surface area contributed by atoms with Gasteiger partial charge in [-0.05, 0) is 50.1 Å². The van der Waals surface area contributed by atoms with E-state index >= 15 is 0 Å². The molecule has 1 heterocycles. The van der Waals surface area contributed by atoms with Crippen LogP contribution < -0.4 is 10.5 Å². The molecule has 0 radical (unpaired) electrons. The molecule has 4 nitrogen and oxygen atoms in total. The highest BCUT2D eigenvalue weighted by Crippen LogP contribution is 2.33. The van der Waals surface area contributed by atoms with E-state index in [1.165, 1.54) is 12.1 Å². The van der Waals surface area contributed by atoms with Crippen LogP contribution in [0.2, 0.25) is 5.02 Å². The molecule has 0 spiro atoms. The van der Waals surface area contributed by atoms with Gasteiger partial charge in [0, 0.05) is 35.6 Å². The minimum atomic E-state index is -0.489. The van der Waals surface area contributed by atoms with Gasteiger partial charge in [-0.15, -0.1) is 0 Å². The third-order valence-electron chi connectivity index (χ3n) is 3.90. The normalized spacial score (nSPS) is 13.3. The van der Waals surface area contributed by atoms with Crippen LogP contribution in [0.25, 0.3) is 5.57 Å². The topological polar surface area (TPSA) is 60.5 Å². The standard InChI is InChI=1S/C19H21ClFN3O/c1-5-13(9-23-4)14-8-17(19(22)24-10-14)25-12(3)18-11(2)16(21)7-6-15(18)20/h5-10,12H,1-4H3,(H2,22,24)/b13-5+,23-9?. The number of anilines is 1. The fraction of sp³-hybridized carbons (Fsp3) is 0.263. The zero-order valence-corrected chi connectivity index (χ0v) is 15.4. The molecule has 1 aromatic heterocycles. The first-order chi connectivity index (χ1) is 11.9. The number of hydrogen-bond donors (Lipinski definition) is 1. The van der Waals surface area contributed by atoms with E-state index in [0.717, 1.165) is 11.1 Å². The Balaban J connectivity index is 2.39. The molecule has 1 unspecified atom stereocenters. The molecule has 0 bridgehead atoms. The van der Waals surface area contributed by atoms with E-state index in [1.54, 1.807) is 39.4 Å². The molecule has 0 amide bonds. The van der Waals surface area contributed by atoms with Crippen LogP contribution >= 0.6 is 11.6 Å². The Labute approximate surface area is 152 Å². The number of nitrogen functional groups attached to an aromatic ring is 1. The lowest BCUT2D eigenvalue weighted by molar-refractivity contribution is 0.226. The summed E-state index contributed by atoms with van der Waals surface area (Å²) in [6.45, 7) is 5.38. The SMILES string of the molecule is C/C=C(\C=NC)c1cnc(N)c(OC(C)c2c(Cl)ccc(F)c2C)c1. The summed E-state index contributed by atoms with van der Waals surface area (Å²) in [6, 6.07) is 4.65. The number of aliphatic imine (C=N–C) groups is 1. The number of benzene rings is 1. The molecule has 0 saturated heterocycles. The third-order valence-corrected chi connectivity index (χ3v) is 4.23. The molecule has 1 atom stereocenters. The molecule has 132 valence electrons. The van der Waals surface area contributed by atoms with E-state index in [0.29, 0.717) is 21.9 Å². The maximum Gasteiger partial charge on any atom is 0.166 e. The van der Waals surface area contributed by atoms with Crippen molar-refractivity contribution in [2.75, 3.05) is 12.8 Å². The highest BCUT2D eigenvalue weighted by Gasteiger charge is 2.18. The van der Waals surface area contributed by atoms with Gasteiger partial charge in [0.2, 0.25) is 0 Å². The Morgan fingerprint density at radius 3 is 2.80 bits per heavy atom. The fourth-order valence-corrected chi connectivity index (χ4v) is 2.94. The number of pyridine rings is 1. The van der Waals surface area contributed by atoms with Gasteiger partial charge >= 0.3 is 0 Å². The summed E-state index contributed by atoms with van der Waals surface area (Å²) in [6.07, 6.45) is 4.82. The van der Waals surface area contributed by atoms with Gasteiger partial charge < -0.3 is 10.5 Å². The van der Waals surface area contributed by atoms with E-state index < -0.39 is 6.10 Å². The molecule has 1 aromatic carbocycles. The average Bonchev–Trinajstić information content (AvgIpc) is 2.58. The molecule has 2 N–H and O–H groups in total. The summed E-state index contributed by atoms with van der Waals surface area (Å²) in [5, 5.41) is 0.446. The lowest BCUT2D eigenvalue weighted by Gasteiger charge is -2.20. The van der Waals surface area contributed by atoms with Crippen LogP contribution in [-0.2, 0) is 0 Å². The molecule has 0 aliphatic heterocycles. The summed E-state index contributed by atoms with van der Waals surface area (Å²) in [4.78, 5) is 8.21. The van der Waals surface area contributed by atoms with E-state index in [1.807, 2.05) is 13.0 Å². The van der Waals surface area contributed by atoms with Crippen molar-refractivity contribution in [1.29, 1.82) is 0 Å². The second kappa shape index (κ2) is 8.12. The van der Waals surface area contributed by atoms with Crippen LogP contribution in [0.5, 0.6) is 5.75 Å². The van der Waals surface area contributed by atoms with Crippen LogP contribution in [0, 0.1) is 12.7 Å². The number of nitrogens with zero attached hydrogens (tertiary/aromatic N) is 2. The molecular formula is C19H21ClFN3O. The van der Waals surface area contributed by atoms with Crippen molar-refractivity contribution in [2.45, 2.75) is 26.9 Å². The summed E-state index contributed by atoms with van der Waals surface area (Å²) >= 11 is 6.23. The first-order valence-electron chi connectivity index (χ1n) is 7.84. The van der Waals surface area contributed by atoms with Crippen LogP contribution in [0.15, 0.2) is 35.5 Å². The Hall–Kier alpha value is -2.40. The zero-order chi connectivity index (χ0) is 18.6. The third kappa shape index (κ3) is 4.17. The Bertz CT molecular complexity index is 834. The minimum absolute atomic E-state index is 0.254. The van der Waals surface area contributed by atoms with Gasteiger partial charge in [-0.1, -0.05) is 17.7 Å². The van der Waals surface area contributed by atoms with E-state index in [9.17, 15) is 4.39 Å². The van der Waals surface area contributed by atoms with Crippen LogP contribution in [-0.4, -0.2) is 18.2 Å². The first kappa shape index (κ1) is 18.9. The highest BCUT2D eigenvalue weighted by molar-refractivity contribution is 6.31. The van der Waals surface area contributed by atoms with Gasteiger partial charge in [0.05, 0.1) is 0 Å². The van der Waals surface area contributed by atoms with Crippen molar-refractivity contribution < 1.29 is 9.13 Å². The van der Waals surface area contributed by atoms with Gasteiger partial charge in [-0.3, -0.25) is 4.99 Å². The van der Waals surface area contributed by atoms with Crippen molar-refractivity contribution in [3.05, 3.63) is 58.0 Å². The van der Waals surface area contributed by atoms with Crippen molar-refractivity contribution in [1.82, 2.24) is 4.98 Å². The van der Waals surface area contributed by atoms with Crippen molar-refractivity contribution in [2.24, 2.45) is 4.99 Å². The molecule has 0 fully saturated rings.